The number of carbonyl (C=O) groups excluding carboxylic acids is 2. The molecule has 0 saturated heterocycles. The van der Waals surface area contributed by atoms with E-state index in [1.54, 1.807) is 42.6 Å². The Bertz CT molecular complexity index is 959. The lowest BCUT2D eigenvalue weighted by molar-refractivity contribution is -0.137. The number of carboxylic acids is 1. The molecule has 6 N–H and O–H groups in total. The third-order valence-corrected chi connectivity index (χ3v) is 4.70. The van der Waals surface area contributed by atoms with Crippen LogP contribution in [0.5, 0.6) is 0 Å². The molecule has 1 unspecified atom stereocenters. The number of nitrogens with one attached hydrogen (secondary N) is 3. The number of hydrogen-bond donors (Lipinski definition) is 5. The minimum absolute atomic E-state index is 0.295. The molecule has 0 bridgehead atoms. The molecule has 156 valence electrons. The molecular formula is C20H22N6O4. The Labute approximate surface area is 172 Å². The highest BCUT2D eigenvalue weighted by Crippen LogP contribution is 2.37. The molecule has 1 aromatic carbocycles. The lowest BCUT2D eigenvalue weighted by Gasteiger charge is -2.22. The van der Waals surface area contributed by atoms with Crippen molar-refractivity contribution in [3.05, 3.63) is 59.9 Å². The molecule has 3 rings (SSSR count). The predicted molar refractivity (Wildman–Crippen MR) is 109 cm³/mol. The first-order valence-electron chi connectivity index (χ1n) is 9.27. The molecule has 10 nitrogen and oxygen atoms in total. The molecule has 1 saturated carbocycles. The summed E-state index contributed by atoms with van der Waals surface area (Å²) >= 11 is 0. The minimum Gasteiger partial charge on any atom is -0.481 e. The van der Waals surface area contributed by atoms with Gasteiger partial charge in [0.15, 0.2) is 0 Å². The van der Waals surface area contributed by atoms with Gasteiger partial charge in [-0.15, -0.1) is 0 Å². The maximum Gasteiger partial charge on any atom is 0.305 e. The molecule has 1 aliphatic rings. The van der Waals surface area contributed by atoms with Crippen molar-refractivity contribution in [1.29, 1.82) is 0 Å². The first kappa shape index (κ1) is 20.9. The quantitative estimate of drug-likeness (QED) is 0.177. The van der Waals surface area contributed by atoms with E-state index in [0.717, 1.165) is 0 Å². The number of benzene rings is 1. The number of hydrazine groups is 1. The number of aliphatic carboxylic acids is 1. The molecule has 2 amide bonds. The molecule has 0 radical (unpaired) electrons. The Hall–Kier alpha value is -3.79. The summed E-state index contributed by atoms with van der Waals surface area (Å²) in [5.74, 6) is 3.25. The van der Waals surface area contributed by atoms with Crippen LogP contribution >= 0.6 is 0 Å². The summed E-state index contributed by atoms with van der Waals surface area (Å²) in [4.78, 5) is 44.8. The van der Waals surface area contributed by atoms with Crippen LogP contribution in [0.2, 0.25) is 0 Å². The zero-order chi connectivity index (χ0) is 21.6. The molecule has 1 aromatic heterocycles. The first-order chi connectivity index (χ1) is 14.4. The molecule has 1 aliphatic carbocycles. The van der Waals surface area contributed by atoms with Gasteiger partial charge in [0.2, 0.25) is 5.91 Å². The summed E-state index contributed by atoms with van der Waals surface area (Å²) < 4.78 is 0. The van der Waals surface area contributed by atoms with Crippen LogP contribution < -0.4 is 21.9 Å². The fourth-order valence-electron chi connectivity index (χ4n) is 2.97. The SMILES string of the molecule is NNC=Nc1cccc(C(=O)NC2(C(=O)NC(CC(=O)O)c3cccnc3)CC2)c1. The lowest BCUT2D eigenvalue weighted by atomic mass is 10.0. The number of rotatable bonds is 9. The molecule has 10 heteroatoms. The van der Waals surface area contributed by atoms with Crippen LogP contribution in [-0.4, -0.2) is 39.8 Å². The first-order valence-corrected chi connectivity index (χ1v) is 9.27. The van der Waals surface area contributed by atoms with Gasteiger partial charge in [-0.25, -0.2) is 10.8 Å². The Balaban J connectivity index is 1.70. The van der Waals surface area contributed by atoms with Crippen LogP contribution in [0.15, 0.2) is 53.8 Å². The summed E-state index contributed by atoms with van der Waals surface area (Å²) in [5, 5.41) is 14.7. The fraction of sp³-hybridized carbons (Fsp3) is 0.250. The molecule has 2 aromatic rings. The number of amides is 2. The molecule has 1 atom stereocenters. The van der Waals surface area contributed by atoms with Gasteiger partial charge in [-0.05, 0) is 42.7 Å². The maximum absolute atomic E-state index is 12.9. The summed E-state index contributed by atoms with van der Waals surface area (Å²) in [5.41, 5.74) is 2.66. The second-order valence-electron chi connectivity index (χ2n) is 6.92. The van der Waals surface area contributed by atoms with E-state index >= 15 is 0 Å². The molecule has 1 fully saturated rings. The van der Waals surface area contributed by atoms with Gasteiger partial charge in [0.25, 0.3) is 5.91 Å². The smallest absolute Gasteiger partial charge is 0.305 e. The second kappa shape index (κ2) is 9.14. The van der Waals surface area contributed by atoms with Crippen molar-refractivity contribution in [3.63, 3.8) is 0 Å². The van der Waals surface area contributed by atoms with E-state index in [1.807, 2.05) is 0 Å². The fourth-order valence-corrected chi connectivity index (χ4v) is 2.97. The van der Waals surface area contributed by atoms with Gasteiger partial charge in [0, 0.05) is 18.0 Å². The van der Waals surface area contributed by atoms with Crippen LogP contribution in [0.25, 0.3) is 0 Å². The third-order valence-electron chi connectivity index (χ3n) is 4.70. The number of aliphatic imine (C=N–C) groups is 1. The van der Waals surface area contributed by atoms with Crippen molar-refractivity contribution in [2.24, 2.45) is 10.8 Å². The van der Waals surface area contributed by atoms with E-state index in [1.165, 1.54) is 12.5 Å². The average Bonchev–Trinajstić information content (AvgIpc) is 3.53. The average molecular weight is 410 g/mol. The highest BCUT2D eigenvalue weighted by atomic mass is 16.4. The van der Waals surface area contributed by atoms with Gasteiger partial charge in [0.1, 0.15) is 11.9 Å². The van der Waals surface area contributed by atoms with Crippen LogP contribution in [0.3, 0.4) is 0 Å². The van der Waals surface area contributed by atoms with Crippen molar-refractivity contribution in [3.8, 4) is 0 Å². The second-order valence-corrected chi connectivity index (χ2v) is 6.92. The molecular weight excluding hydrogens is 388 g/mol. The van der Waals surface area contributed by atoms with E-state index in [0.29, 0.717) is 29.7 Å². The largest absolute Gasteiger partial charge is 0.481 e. The van der Waals surface area contributed by atoms with Crippen molar-refractivity contribution >= 4 is 29.8 Å². The van der Waals surface area contributed by atoms with E-state index in [9.17, 15) is 19.5 Å². The topological polar surface area (TPSA) is 159 Å². The minimum atomic E-state index is -1.06. The lowest BCUT2D eigenvalue weighted by Crippen LogP contribution is -2.50. The monoisotopic (exact) mass is 410 g/mol. The summed E-state index contributed by atoms with van der Waals surface area (Å²) in [6.07, 6.45) is 4.99. The Morgan fingerprint density at radius 1 is 1.27 bits per heavy atom. The van der Waals surface area contributed by atoms with Crippen molar-refractivity contribution in [1.82, 2.24) is 21.0 Å². The van der Waals surface area contributed by atoms with Crippen LogP contribution in [-0.2, 0) is 9.59 Å². The number of nitrogens with zero attached hydrogens (tertiary/aromatic N) is 2. The highest BCUT2D eigenvalue weighted by molar-refractivity contribution is 6.01. The number of pyridine rings is 1. The summed E-state index contributed by atoms with van der Waals surface area (Å²) in [6, 6.07) is 9.17. The summed E-state index contributed by atoms with van der Waals surface area (Å²) in [6.45, 7) is 0. The number of aromatic nitrogens is 1. The number of nitrogens with two attached hydrogens (primary N) is 1. The van der Waals surface area contributed by atoms with Crippen LogP contribution in [0, 0.1) is 0 Å². The molecule has 0 aliphatic heterocycles. The van der Waals surface area contributed by atoms with E-state index in [2.05, 4.69) is 26.0 Å². The van der Waals surface area contributed by atoms with Gasteiger partial charge in [-0.2, -0.15) is 0 Å². The van der Waals surface area contributed by atoms with Gasteiger partial charge in [0.05, 0.1) is 18.2 Å². The van der Waals surface area contributed by atoms with E-state index in [4.69, 9.17) is 5.84 Å². The highest BCUT2D eigenvalue weighted by Gasteiger charge is 2.51. The van der Waals surface area contributed by atoms with Gasteiger partial charge in [-0.1, -0.05) is 12.1 Å². The molecule has 0 spiro atoms. The van der Waals surface area contributed by atoms with Gasteiger partial charge in [-0.3, -0.25) is 19.4 Å². The zero-order valence-electron chi connectivity index (χ0n) is 16.0. The van der Waals surface area contributed by atoms with Crippen LogP contribution in [0.4, 0.5) is 5.69 Å². The third kappa shape index (κ3) is 5.17. The predicted octanol–water partition coefficient (Wildman–Crippen LogP) is 0.799. The van der Waals surface area contributed by atoms with E-state index in [-0.39, 0.29) is 6.42 Å². The maximum atomic E-state index is 12.9. The number of hydrogen-bond acceptors (Lipinski definition) is 6. The Morgan fingerprint density at radius 3 is 2.70 bits per heavy atom. The zero-order valence-corrected chi connectivity index (χ0v) is 16.0. The Morgan fingerprint density at radius 2 is 2.07 bits per heavy atom. The molecule has 1 heterocycles. The van der Waals surface area contributed by atoms with E-state index < -0.39 is 29.4 Å². The number of carbonyl (C=O) groups is 3. The van der Waals surface area contributed by atoms with Gasteiger partial charge < -0.3 is 21.2 Å². The number of carboxylic acid groups (broad SMARTS) is 1. The van der Waals surface area contributed by atoms with Crippen molar-refractivity contribution in [2.45, 2.75) is 30.8 Å². The molecule has 30 heavy (non-hydrogen) atoms. The Kier molecular flexibility index (Phi) is 6.38. The van der Waals surface area contributed by atoms with Crippen molar-refractivity contribution < 1.29 is 19.5 Å². The standard InChI is InChI=1S/C20H22N6O4/c21-24-12-23-15-5-1-3-13(9-15)18(29)26-20(6-7-20)19(30)25-16(10-17(27)28)14-4-2-8-22-11-14/h1-5,8-9,11-12,16H,6-7,10,21H2,(H,23,24)(H,25,30)(H,26,29)(H,27,28). The summed E-state index contributed by atoms with van der Waals surface area (Å²) in [7, 11) is 0. The van der Waals surface area contributed by atoms with Crippen LogP contribution in [0.1, 0.15) is 41.2 Å². The normalized spacial score (nSPS) is 15.2. The van der Waals surface area contributed by atoms with Gasteiger partial charge >= 0.3 is 5.97 Å². The van der Waals surface area contributed by atoms with Crippen molar-refractivity contribution in [2.75, 3.05) is 0 Å².